The lowest BCUT2D eigenvalue weighted by Crippen LogP contribution is -2.31. The van der Waals surface area contributed by atoms with Crippen LogP contribution in [0.5, 0.6) is 0 Å². The minimum Gasteiger partial charge on any atom is -0.399 e. The molecule has 0 aliphatic rings. The second-order valence-corrected chi connectivity index (χ2v) is 3.08. The van der Waals surface area contributed by atoms with Crippen molar-refractivity contribution < 1.29 is 15.0 Å². The predicted octanol–water partition coefficient (Wildman–Crippen LogP) is -1.11. The van der Waals surface area contributed by atoms with E-state index in [4.69, 9.17) is 21.7 Å². The van der Waals surface area contributed by atoms with Gasteiger partial charge in [0, 0.05) is 16.9 Å². The molecule has 0 heterocycles. The summed E-state index contributed by atoms with van der Waals surface area (Å²) in [7, 11) is 0. The van der Waals surface area contributed by atoms with Crippen molar-refractivity contribution in [3.8, 4) is 0 Å². The monoisotopic (exact) mass is 211 g/mol. The molecule has 0 unspecified atom stereocenters. The van der Waals surface area contributed by atoms with E-state index in [1.165, 1.54) is 18.2 Å². The summed E-state index contributed by atoms with van der Waals surface area (Å²) in [6, 6.07) is 4.43. The second kappa shape index (κ2) is 4.63. The first-order valence-corrected chi connectivity index (χ1v) is 4.29. The van der Waals surface area contributed by atoms with Crippen LogP contribution in [-0.4, -0.2) is 29.0 Å². The molecule has 1 aromatic rings. The van der Waals surface area contributed by atoms with E-state index in [2.05, 4.69) is 5.32 Å². The molecule has 15 heavy (non-hydrogen) atoms. The van der Waals surface area contributed by atoms with Gasteiger partial charge in [0.05, 0.1) is 6.54 Å². The summed E-state index contributed by atoms with van der Waals surface area (Å²) in [5.41, 5.74) is 12.0. The van der Waals surface area contributed by atoms with Crippen LogP contribution in [0.4, 0.5) is 11.4 Å². The van der Waals surface area contributed by atoms with Crippen LogP contribution >= 0.6 is 0 Å². The van der Waals surface area contributed by atoms with Gasteiger partial charge in [0.1, 0.15) is 0 Å². The number of aliphatic hydroxyl groups excluding tert-OH is 1. The maximum atomic E-state index is 11.4. The molecule has 0 aliphatic heterocycles. The number of amides is 1. The van der Waals surface area contributed by atoms with E-state index in [1.807, 2.05) is 0 Å². The molecule has 1 amide bonds. The third-order valence-electron chi connectivity index (χ3n) is 1.69. The van der Waals surface area contributed by atoms with Gasteiger partial charge in [-0.25, -0.2) is 0 Å². The number of anilines is 2. The molecule has 7 N–H and O–H groups in total. The van der Waals surface area contributed by atoms with Gasteiger partial charge in [-0.15, -0.1) is 0 Å². The van der Waals surface area contributed by atoms with E-state index in [1.54, 1.807) is 0 Å². The Balaban J connectivity index is 2.73. The van der Waals surface area contributed by atoms with Gasteiger partial charge in [0.25, 0.3) is 5.91 Å². The van der Waals surface area contributed by atoms with Crippen molar-refractivity contribution in [2.75, 3.05) is 18.0 Å². The molecule has 0 atom stereocenters. The Hall–Kier alpha value is -1.79. The fraction of sp³-hybridized carbons (Fsp3) is 0.222. The zero-order valence-corrected chi connectivity index (χ0v) is 7.97. The normalized spacial score (nSPS) is 10.3. The smallest absolute Gasteiger partial charge is 0.251 e. The number of benzene rings is 1. The first kappa shape index (κ1) is 11.3. The standard InChI is InChI=1S/C9H13N3O3/c10-6-1-5(2-7(11)3-6)9(15)12-4-8(13)14/h1-3,8,13-14H,4,10-11H2,(H,12,15). The molecule has 0 bridgehead atoms. The van der Waals surface area contributed by atoms with Crippen LogP contribution in [0, 0.1) is 0 Å². The van der Waals surface area contributed by atoms with Crippen LogP contribution in [0.2, 0.25) is 0 Å². The Morgan fingerprint density at radius 2 is 1.80 bits per heavy atom. The first-order chi connectivity index (χ1) is 6.99. The highest BCUT2D eigenvalue weighted by Gasteiger charge is 2.08. The lowest BCUT2D eigenvalue weighted by Gasteiger charge is -2.07. The van der Waals surface area contributed by atoms with Crippen molar-refractivity contribution in [2.45, 2.75) is 6.29 Å². The summed E-state index contributed by atoms with van der Waals surface area (Å²) < 4.78 is 0. The van der Waals surface area contributed by atoms with Crippen molar-refractivity contribution in [1.29, 1.82) is 0 Å². The average Bonchev–Trinajstić information content (AvgIpc) is 2.12. The van der Waals surface area contributed by atoms with Gasteiger partial charge >= 0.3 is 0 Å². The number of nitrogens with one attached hydrogen (secondary N) is 1. The topological polar surface area (TPSA) is 122 Å². The van der Waals surface area contributed by atoms with Crippen LogP contribution in [0.3, 0.4) is 0 Å². The summed E-state index contributed by atoms with van der Waals surface area (Å²) in [5, 5.41) is 19.4. The van der Waals surface area contributed by atoms with E-state index in [-0.39, 0.29) is 12.1 Å². The Morgan fingerprint density at radius 3 is 2.27 bits per heavy atom. The highest BCUT2D eigenvalue weighted by atomic mass is 16.5. The number of carbonyl (C=O) groups is 1. The fourth-order valence-corrected chi connectivity index (χ4v) is 1.09. The number of hydrogen-bond acceptors (Lipinski definition) is 5. The van der Waals surface area contributed by atoms with E-state index in [0.29, 0.717) is 11.4 Å². The van der Waals surface area contributed by atoms with Gasteiger partial charge in [-0.3, -0.25) is 4.79 Å². The first-order valence-electron chi connectivity index (χ1n) is 4.29. The van der Waals surface area contributed by atoms with Gasteiger partial charge in [-0.1, -0.05) is 0 Å². The molecular weight excluding hydrogens is 198 g/mol. The number of rotatable bonds is 3. The van der Waals surface area contributed by atoms with Gasteiger partial charge in [-0.05, 0) is 18.2 Å². The highest BCUT2D eigenvalue weighted by Crippen LogP contribution is 2.13. The largest absolute Gasteiger partial charge is 0.399 e. The maximum absolute atomic E-state index is 11.4. The van der Waals surface area contributed by atoms with Crippen LogP contribution in [0.15, 0.2) is 18.2 Å². The molecule has 0 fully saturated rings. The SMILES string of the molecule is Nc1cc(N)cc(C(=O)NCC(O)O)c1. The summed E-state index contributed by atoms with van der Waals surface area (Å²) in [6.45, 7) is -0.243. The number of aliphatic hydroxyl groups is 2. The van der Waals surface area contributed by atoms with Crippen molar-refractivity contribution in [2.24, 2.45) is 0 Å². The molecule has 0 radical (unpaired) electrons. The van der Waals surface area contributed by atoms with Crippen molar-refractivity contribution in [3.05, 3.63) is 23.8 Å². The molecule has 0 saturated carbocycles. The second-order valence-electron chi connectivity index (χ2n) is 3.08. The Morgan fingerprint density at radius 1 is 1.27 bits per heavy atom. The lowest BCUT2D eigenvalue weighted by atomic mass is 10.1. The van der Waals surface area contributed by atoms with E-state index in [0.717, 1.165) is 0 Å². The van der Waals surface area contributed by atoms with Crippen LogP contribution in [-0.2, 0) is 0 Å². The molecule has 82 valence electrons. The summed E-state index contributed by atoms with van der Waals surface area (Å²) >= 11 is 0. The van der Waals surface area contributed by atoms with E-state index in [9.17, 15) is 4.79 Å². The molecule has 6 heteroatoms. The van der Waals surface area contributed by atoms with Crippen LogP contribution < -0.4 is 16.8 Å². The van der Waals surface area contributed by atoms with Crippen LogP contribution in [0.1, 0.15) is 10.4 Å². The Labute approximate surface area is 86.5 Å². The van der Waals surface area contributed by atoms with Crippen molar-refractivity contribution in [3.63, 3.8) is 0 Å². The molecule has 0 saturated heterocycles. The lowest BCUT2D eigenvalue weighted by molar-refractivity contribution is -0.0361. The molecule has 1 aromatic carbocycles. The third kappa shape index (κ3) is 3.45. The maximum Gasteiger partial charge on any atom is 0.251 e. The van der Waals surface area contributed by atoms with Crippen molar-refractivity contribution in [1.82, 2.24) is 5.32 Å². The molecule has 0 spiro atoms. The summed E-state index contributed by atoms with van der Waals surface area (Å²) in [5.74, 6) is -0.456. The number of nitrogens with two attached hydrogens (primary N) is 2. The van der Waals surface area contributed by atoms with Gasteiger partial charge in [-0.2, -0.15) is 0 Å². The predicted molar refractivity (Wildman–Crippen MR) is 55.8 cm³/mol. The minimum absolute atomic E-state index is 0.243. The third-order valence-corrected chi connectivity index (χ3v) is 1.69. The van der Waals surface area contributed by atoms with Gasteiger partial charge in [0.2, 0.25) is 0 Å². The number of carbonyl (C=O) groups excluding carboxylic acids is 1. The highest BCUT2D eigenvalue weighted by molar-refractivity contribution is 5.96. The van der Waals surface area contributed by atoms with Gasteiger partial charge < -0.3 is 27.0 Å². The van der Waals surface area contributed by atoms with E-state index >= 15 is 0 Å². The van der Waals surface area contributed by atoms with E-state index < -0.39 is 12.2 Å². The zero-order valence-electron chi connectivity index (χ0n) is 7.97. The minimum atomic E-state index is -1.58. The average molecular weight is 211 g/mol. The Kier molecular flexibility index (Phi) is 3.48. The number of hydrogen-bond donors (Lipinski definition) is 5. The number of nitrogen functional groups attached to an aromatic ring is 2. The zero-order chi connectivity index (χ0) is 11.4. The fourth-order valence-electron chi connectivity index (χ4n) is 1.09. The Bertz CT molecular complexity index is 345. The summed E-state index contributed by atoms with van der Waals surface area (Å²) in [4.78, 5) is 11.4. The molecule has 6 nitrogen and oxygen atoms in total. The molecule has 0 aromatic heterocycles. The molecule has 0 aliphatic carbocycles. The van der Waals surface area contributed by atoms with Gasteiger partial charge in [0.15, 0.2) is 6.29 Å². The molecule has 1 rings (SSSR count). The quantitative estimate of drug-likeness (QED) is 0.320. The summed E-state index contributed by atoms with van der Waals surface area (Å²) in [6.07, 6.45) is -1.58. The molecular formula is C9H13N3O3. The van der Waals surface area contributed by atoms with Crippen LogP contribution in [0.25, 0.3) is 0 Å². The van der Waals surface area contributed by atoms with Crippen molar-refractivity contribution >= 4 is 17.3 Å².